The summed E-state index contributed by atoms with van der Waals surface area (Å²) in [5.74, 6) is -0.513. The highest BCUT2D eigenvalue weighted by Gasteiger charge is 2.14. The van der Waals surface area contributed by atoms with E-state index in [1.807, 2.05) is 0 Å². The van der Waals surface area contributed by atoms with E-state index in [9.17, 15) is 14.0 Å². The first-order valence-corrected chi connectivity index (χ1v) is 7.73. The summed E-state index contributed by atoms with van der Waals surface area (Å²) < 4.78 is 24.0. The zero-order valence-electron chi connectivity index (χ0n) is 13.8. The van der Waals surface area contributed by atoms with Gasteiger partial charge in [0.1, 0.15) is 5.82 Å². The number of ether oxygens (including phenoxy) is 2. The van der Waals surface area contributed by atoms with Crippen LogP contribution in [0.2, 0.25) is 0 Å². The van der Waals surface area contributed by atoms with Crippen LogP contribution in [0.3, 0.4) is 0 Å². The van der Waals surface area contributed by atoms with Crippen molar-refractivity contribution < 1.29 is 23.5 Å². The monoisotopic (exact) mass is 357 g/mol. The van der Waals surface area contributed by atoms with Crippen molar-refractivity contribution >= 4 is 17.5 Å². The number of hydrogen-bond donors (Lipinski definition) is 3. The number of allylic oxidation sites excluding steroid dienone is 1. The molecule has 2 aromatic rings. The molecule has 0 spiro atoms. The summed E-state index contributed by atoms with van der Waals surface area (Å²) in [6, 6.07) is 10.6. The maximum absolute atomic E-state index is 13.5. The third-order valence-electron chi connectivity index (χ3n) is 3.48. The number of fused-ring (bicyclic) bond motifs is 1. The second-order valence-electron chi connectivity index (χ2n) is 5.44. The standard InChI is InChI=1S/C18H16FN3O4/c1-11(21-22-18(24)13-4-2-3-5-14(13)19)8-17(23)20-12-6-7-15-16(9-12)26-10-25-15/h2-9,21H,10H2,1H3,(H,20,23)(H,22,24). The van der Waals surface area contributed by atoms with Crippen LogP contribution in [0.15, 0.2) is 54.2 Å². The van der Waals surface area contributed by atoms with E-state index in [-0.39, 0.29) is 12.4 Å². The number of hydrazine groups is 1. The number of anilines is 1. The third-order valence-corrected chi connectivity index (χ3v) is 3.48. The lowest BCUT2D eigenvalue weighted by atomic mass is 10.2. The minimum atomic E-state index is -0.646. The first-order valence-electron chi connectivity index (χ1n) is 7.73. The molecule has 0 atom stereocenters. The Labute approximate surface area is 148 Å². The Morgan fingerprint density at radius 3 is 2.65 bits per heavy atom. The van der Waals surface area contributed by atoms with Crippen LogP contribution in [0.25, 0.3) is 0 Å². The Morgan fingerprint density at radius 2 is 1.85 bits per heavy atom. The summed E-state index contributed by atoms with van der Waals surface area (Å²) in [5, 5.41) is 2.67. The highest BCUT2D eigenvalue weighted by Crippen LogP contribution is 2.34. The van der Waals surface area contributed by atoms with Gasteiger partial charge in [0.05, 0.1) is 5.56 Å². The van der Waals surface area contributed by atoms with Gasteiger partial charge in [-0.1, -0.05) is 12.1 Å². The fourth-order valence-electron chi connectivity index (χ4n) is 2.25. The van der Waals surface area contributed by atoms with Gasteiger partial charge < -0.3 is 20.2 Å². The van der Waals surface area contributed by atoms with Gasteiger partial charge in [0.15, 0.2) is 11.5 Å². The summed E-state index contributed by atoms with van der Waals surface area (Å²) >= 11 is 0. The van der Waals surface area contributed by atoms with E-state index < -0.39 is 17.6 Å². The largest absolute Gasteiger partial charge is 0.454 e. The Balaban J connectivity index is 1.55. The molecule has 0 unspecified atom stereocenters. The summed E-state index contributed by atoms with van der Waals surface area (Å²) in [6.45, 7) is 1.73. The second-order valence-corrected chi connectivity index (χ2v) is 5.44. The van der Waals surface area contributed by atoms with Crippen molar-refractivity contribution in [3.8, 4) is 11.5 Å². The zero-order valence-corrected chi connectivity index (χ0v) is 13.8. The topological polar surface area (TPSA) is 88.7 Å². The summed E-state index contributed by atoms with van der Waals surface area (Å²) in [5.41, 5.74) is 5.69. The van der Waals surface area contributed by atoms with Gasteiger partial charge in [-0.15, -0.1) is 0 Å². The molecule has 0 saturated carbocycles. The van der Waals surface area contributed by atoms with Crippen LogP contribution >= 0.6 is 0 Å². The third kappa shape index (κ3) is 4.10. The average molecular weight is 357 g/mol. The molecule has 0 aromatic heterocycles. The molecular formula is C18H16FN3O4. The van der Waals surface area contributed by atoms with Crippen molar-refractivity contribution in [2.24, 2.45) is 0 Å². The van der Waals surface area contributed by atoms with E-state index in [4.69, 9.17) is 9.47 Å². The van der Waals surface area contributed by atoms with Crippen LogP contribution in [-0.4, -0.2) is 18.6 Å². The molecule has 1 aliphatic rings. The Kier molecular flexibility index (Phi) is 5.02. The molecule has 0 radical (unpaired) electrons. The fraction of sp³-hybridized carbons (Fsp3) is 0.111. The minimum absolute atomic E-state index is 0.0994. The van der Waals surface area contributed by atoms with Gasteiger partial charge in [-0.3, -0.25) is 15.0 Å². The predicted octanol–water partition coefficient (Wildman–Crippen LogP) is 2.33. The van der Waals surface area contributed by atoms with Crippen molar-refractivity contribution in [3.63, 3.8) is 0 Å². The molecule has 1 aliphatic heterocycles. The van der Waals surface area contributed by atoms with Gasteiger partial charge in [0, 0.05) is 23.5 Å². The minimum Gasteiger partial charge on any atom is -0.454 e. The Bertz CT molecular complexity index is 882. The van der Waals surface area contributed by atoms with Gasteiger partial charge >= 0.3 is 0 Å². The Morgan fingerprint density at radius 1 is 1.08 bits per heavy atom. The SMILES string of the molecule is CC(=CC(=O)Nc1ccc2c(c1)OCO2)NNC(=O)c1ccccc1F. The zero-order chi connectivity index (χ0) is 18.5. The van der Waals surface area contributed by atoms with Crippen LogP contribution in [0.5, 0.6) is 11.5 Å². The molecule has 2 amide bonds. The van der Waals surface area contributed by atoms with Gasteiger partial charge in [-0.2, -0.15) is 0 Å². The predicted molar refractivity (Wildman–Crippen MR) is 92.0 cm³/mol. The number of benzene rings is 2. The van der Waals surface area contributed by atoms with Crippen molar-refractivity contribution in [2.45, 2.75) is 6.92 Å². The van der Waals surface area contributed by atoms with E-state index in [1.165, 1.54) is 24.3 Å². The molecule has 0 aliphatic carbocycles. The van der Waals surface area contributed by atoms with Gasteiger partial charge in [0.2, 0.25) is 12.7 Å². The van der Waals surface area contributed by atoms with E-state index in [1.54, 1.807) is 31.2 Å². The quantitative estimate of drug-likeness (QED) is 0.565. The lowest BCUT2D eigenvalue weighted by Gasteiger charge is -2.09. The maximum Gasteiger partial charge on any atom is 0.272 e. The molecule has 3 N–H and O–H groups in total. The lowest BCUT2D eigenvalue weighted by molar-refractivity contribution is -0.112. The van der Waals surface area contributed by atoms with Crippen LogP contribution in [0.4, 0.5) is 10.1 Å². The number of amides is 2. The highest BCUT2D eigenvalue weighted by molar-refractivity contribution is 6.00. The molecule has 8 heteroatoms. The molecule has 7 nitrogen and oxygen atoms in total. The molecule has 0 bridgehead atoms. The lowest BCUT2D eigenvalue weighted by Crippen LogP contribution is -2.36. The van der Waals surface area contributed by atoms with Gasteiger partial charge in [-0.05, 0) is 31.2 Å². The molecule has 0 saturated heterocycles. The van der Waals surface area contributed by atoms with E-state index in [0.717, 1.165) is 0 Å². The number of carbonyl (C=O) groups is 2. The first kappa shape index (κ1) is 17.3. The molecule has 134 valence electrons. The fourth-order valence-corrected chi connectivity index (χ4v) is 2.25. The Hall–Kier alpha value is -3.55. The van der Waals surface area contributed by atoms with Gasteiger partial charge in [-0.25, -0.2) is 4.39 Å². The first-order chi connectivity index (χ1) is 12.5. The van der Waals surface area contributed by atoms with Crippen molar-refractivity contribution in [3.05, 3.63) is 65.6 Å². The van der Waals surface area contributed by atoms with E-state index in [0.29, 0.717) is 22.9 Å². The number of hydrogen-bond acceptors (Lipinski definition) is 5. The molecule has 2 aromatic carbocycles. The van der Waals surface area contributed by atoms with Crippen LogP contribution < -0.4 is 25.6 Å². The number of rotatable bonds is 5. The van der Waals surface area contributed by atoms with Gasteiger partial charge in [0.25, 0.3) is 5.91 Å². The van der Waals surface area contributed by atoms with Crippen molar-refractivity contribution in [1.29, 1.82) is 0 Å². The summed E-state index contributed by atoms with van der Waals surface area (Å²) in [7, 11) is 0. The van der Waals surface area contributed by atoms with E-state index >= 15 is 0 Å². The molecule has 1 heterocycles. The smallest absolute Gasteiger partial charge is 0.272 e. The van der Waals surface area contributed by atoms with Crippen molar-refractivity contribution in [1.82, 2.24) is 10.9 Å². The van der Waals surface area contributed by atoms with Crippen molar-refractivity contribution in [2.75, 3.05) is 12.1 Å². The maximum atomic E-state index is 13.5. The molecular weight excluding hydrogens is 341 g/mol. The van der Waals surface area contributed by atoms with Crippen LogP contribution in [-0.2, 0) is 4.79 Å². The molecule has 26 heavy (non-hydrogen) atoms. The summed E-state index contributed by atoms with van der Waals surface area (Å²) in [6.07, 6.45) is 1.26. The normalized spacial score (nSPS) is 12.5. The number of halogens is 1. The van der Waals surface area contributed by atoms with Crippen LogP contribution in [0.1, 0.15) is 17.3 Å². The highest BCUT2D eigenvalue weighted by atomic mass is 19.1. The average Bonchev–Trinajstić information content (AvgIpc) is 3.07. The number of nitrogens with one attached hydrogen (secondary N) is 3. The van der Waals surface area contributed by atoms with E-state index in [2.05, 4.69) is 16.2 Å². The molecule has 0 fully saturated rings. The second kappa shape index (κ2) is 7.56. The van der Waals surface area contributed by atoms with Crippen LogP contribution in [0, 0.1) is 5.82 Å². The number of carbonyl (C=O) groups excluding carboxylic acids is 2. The summed E-state index contributed by atoms with van der Waals surface area (Å²) in [4.78, 5) is 23.9. The molecule has 3 rings (SSSR count).